The summed E-state index contributed by atoms with van der Waals surface area (Å²) in [6, 6.07) is 6.44. The number of aromatic nitrogens is 1. The molecule has 1 aromatic carbocycles. The SMILES string of the molecule is O=C(O)C1CC2(CCCCC2)CN1C(=O)c1cc2c(Cl)cccc2[nH]1. The van der Waals surface area contributed by atoms with E-state index in [1.165, 1.54) is 6.42 Å². The summed E-state index contributed by atoms with van der Waals surface area (Å²) in [5.74, 6) is -1.16. The third kappa shape index (κ3) is 2.80. The highest BCUT2D eigenvalue weighted by molar-refractivity contribution is 6.35. The van der Waals surface area contributed by atoms with E-state index < -0.39 is 12.0 Å². The maximum absolute atomic E-state index is 13.1. The highest BCUT2D eigenvalue weighted by atomic mass is 35.5. The summed E-state index contributed by atoms with van der Waals surface area (Å²) in [5, 5.41) is 11.0. The zero-order valence-electron chi connectivity index (χ0n) is 13.9. The number of carboxylic acid groups (broad SMARTS) is 1. The third-order valence-corrected chi connectivity index (χ3v) is 6.14. The summed E-state index contributed by atoms with van der Waals surface area (Å²) < 4.78 is 0. The molecule has 1 aliphatic carbocycles. The van der Waals surface area contributed by atoms with Gasteiger partial charge in [-0.15, -0.1) is 0 Å². The monoisotopic (exact) mass is 360 g/mol. The lowest BCUT2D eigenvalue weighted by atomic mass is 9.73. The second kappa shape index (κ2) is 6.06. The fraction of sp³-hybridized carbons (Fsp3) is 0.474. The first-order valence-corrected chi connectivity index (χ1v) is 9.18. The lowest BCUT2D eigenvalue weighted by Gasteiger charge is -2.32. The van der Waals surface area contributed by atoms with Crippen LogP contribution in [0.25, 0.3) is 10.9 Å². The van der Waals surface area contributed by atoms with E-state index in [0.717, 1.165) is 36.6 Å². The molecule has 2 aromatic rings. The summed E-state index contributed by atoms with van der Waals surface area (Å²) in [7, 11) is 0. The van der Waals surface area contributed by atoms with Gasteiger partial charge in [-0.25, -0.2) is 4.79 Å². The number of carbonyl (C=O) groups excluding carboxylic acids is 1. The Balaban J connectivity index is 1.66. The topological polar surface area (TPSA) is 73.4 Å². The van der Waals surface area contributed by atoms with Gasteiger partial charge in [-0.1, -0.05) is 36.9 Å². The predicted molar refractivity (Wildman–Crippen MR) is 95.9 cm³/mol. The minimum absolute atomic E-state index is 0.0272. The molecule has 1 aromatic heterocycles. The summed E-state index contributed by atoms with van der Waals surface area (Å²) in [6.45, 7) is 0.534. The molecule has 1 saturated carbocycles. The van der Waals surface area contributed by atoms with Gasteiger partial charge in [-0.3, -0.25) is 4.79 Å². The number of aromatic amines is 1. The highest BCUT2D eigenvalue weighted by Gasteiger charge is 2.49. The maximum Gasteiger partial charge on any atom is 0.326 e. The number of rotatable bonds is 2. The van der Waals surface area contributed by atoms with Crippen molar-refractivity contribution in [2.45, 2.75) is 44.6 Å². The number of fused-ring (bicyclic) bond motifs is 1. The van der Waals surface area contributed by atoms with Crippen molar-refractivity contribution < 1.29 is 14.7 Å². The van der Waals surface area contributed by atoms with Gasteiger partial charge in [0.05, 0.1) is 0 Å². The van der Waals surface area contributed by atoms with Gasteiger partial charge in [0.2, 0.25) is 0 Å². The number of hydrogen-bond donors (Lipinski definition) is 2. The van der Waals surface area contributed by atoms with Crippen molar-refractivity contribution in [1.29, 1.82) is 0 Å². The fourth-order valence-electron chi connectivity index (χ4n) is 4.54. The van der Waals surface area contributed by atoms with E-state index in [1.807, 2.05) is 12.1 Å². The molecule has 2 heterocycles. The summed E-state index contributed by atoms with van der Waals surface area (Å²) in [6.07, 6.45) is 6.04. The number of nitrogens with one attached hydrogen (secondary N) is 1. The van der Waals surface area contributed by atoms with Gasteiger partial charge in [-0.2, -0.15) is 0 Å². The second-order valence-corrected chi connectivity index (χ2v) is 7.84. The molecule has 2 aliphatic rings. The average molecular weight is 361 g/mol. The van der Waals surface area contributed by atoms with Gasteiger partial charge in [0.15, 0.2) is 0 Å². The Labute approximate surface area is 151 Å². The van der Waals surface area contributed by atoms with Gasteiger partial charge in [0, 0.05) is 22.5 Å². The van der Waals surface area contributed by atoms with Crippen molar-refractivity contribution in [1.82, 2.24) is 9.88 Å². The third-order valence-electron chi connectivity index (χ3n) is 5.81. The molecule has 25 heavy (non-hydrogen) atoms. The molecule has 1 saturated heterocycles. The molecule has 132 valence electrons. The van der Waals surface area contributed by atoms with Crippen LogP contribution in [0, 0.1) is 5.41 Å². The largest absolute Gasteiger partial charge is 0.480 e. The number of aliphatic carboxylic acids is 1. The fourth-order valence-corrected chi connectivity index (χ4v) is 4.77. The van der Waals surface area contributed by atoms with Crippen LogP contribution in [-0.4, -0.2) is 39.5 Å². The molecule has 0 radical (unpaired) electrons. The van der Waals surface area contributed by atoms with Gasteiger partial charge in [0.1, 0.15) is 11.7 Å². The Morgan fingerprint density at radius 2 is 2.00 bits per heavy atom. The first-order chi connectivity index (χ1) is 12.0. The standard InChI is InChI=1S/C19H21ClN2O3/c20-13-5-4-6-14-12(13)9-15(21-14)17(23)22-11-19(7-2-1-3-8-19)10-16(22)18(24)25/h4-6,9,16,21H,1-3,7-8,10-11H2,(H,24,25). The molecule has 1 atom stereocenters. The van der Waals surface area contributed by atoms with Crippen LogP contribution in [-0.2, 0) is 4.79 Å². The van der Waals surface area contributed by atoms with Crippen LogP contribution in [0.4, 0.5) is 0 Å². The number of halogens is 1. The van der Waals surface area contributed by atoms with Gasteiger partial charge in [0.25, 0.3) is 5.91 Å². The highest BCUT2D eigenvalue weighted by Crippen LogP contribution is 2.46. The average Bonchev–Trinajstić information content (AvgIpc) is 3.18. The quantitative estimate of drug-likeness (QED) is 0.847. The van der Waals surface area contributed by atoms with E-state index in [4.69, 9.17) is 11.6 Å². The first kappa shape index (κ1) is 16.5. The zero-order valence-corrected chi connectivity index (χ0v) is 14.7. The Hall–Kier alpha value is -2.01. The molecule has 4 rings (SSSR count). The molecular formula is C19H21ClN2O3. The number of carbonyl (C=O) groups is 2. The molecule has 5 nitrogen and oxygen atoms in total. The summed E-state index contributed by atoms with van der Waals surface area (Å²) >= 11 is 6.19. The van der Waals surface area contributed by atoms with E-state index in [9.17, 15) is 14.7 Å². The van der Waals surface area contributed by atoms with Crippen LogP contribution in [0.3, 0.4) is 0 Å². The lowest BCUT2D eigenvalue weighted by molar-refractivity contribution is -0.141. The number of H-pyrrole nitrogens is 1. The van der Waals surface area contributed by atoms with Crippen molar-refractivity contribution in [2.75, 3.05) is 6.54 Å². The van der Waals surface area contributed by atoms with Crippen LogP contribution in [0.15, 0.2) is 24.3 Å². The molecule has 1 spiro atoms. The number of nitrogens with zero attached hydrogens (tertiary/aromatic N) is 1. The van der Waals surface area contributed by atoms with Crippen molar-refractivity contribution in [3.63, 3.8) is 0 Å². The Bertz CT molecular complexity index is 838. The van der Waals surface area contributed by atoms with Crippen molar-refractivity contribution >= 4 is 34.4 Å². The first-order valence-electron chi connectivity index (χ1n) is 8.80. The Morgan fingerprint density at radius 3 is 2.68 bits per heavy atom. The molecule has 1 amide bonds. The predicted octanol–water partition coefficient (Wildman–Crippen LogP) is 4.07. The number of likely N-dealkylation sites (tertiary alicyclic amines) is 1. The van der Waals surface area contributed by atoms with Crippen molar-refractivity contribution in [3.05, 3.63) is 35.0 Å². The number of amides is 1. The molecule has 2 N–H and O–H groups in total. The second-order valence-electron chi connectivity index (χ2n) is 7.44. The van der Waals surface area contributed by atoms with E-state index in [2.05, 4.69) is 4.98 Å². The minimum atomic E-state index is -0.912. The molecule has 0 bridgehead atoms. The van der Waals surface area contributed by atoms with E-state index in [-0.39, 0.29) is 11.3 Å². The maximum atomic E-state index is 13.1. The Kier molecular flexibility index (Phi) is 3.99. The van der Waals surface area contributed by atoms with Crippen LogP contribution >= 0.6 is 11.6 Å². The van der Waals surface area contributed by atoms with Gasteiger partial charge >= 0.3 is 5.97 Å². The van der Waals surface area contributed by atoms with Crippen LogP contribution < -0.4 is 0 Å². The van der Waals surface area contributed by atoms with Crippen LogP contribution in [0.1, 0.15) is 49.0 Å². The molecule has 6 heteroatoms. The van der Waals surface area contributed by atoms with Gasteiger partial charge in [-0.05, 0) is 42.9 Å². The Morgan fingerprint density at radius 1 is 1.24 bits per heavy atom. The van der Waals surface area contributed by atoms with Gasteiger partial charge < -0.3 is 15.0 Å². The number of hydrogen-bond acceptors (Lipinski definition) is 2. The van der Waals surface area contributed by atoms with E-state index in [0.29, 0.717) is 23.7 Å². The minimum Gasteiger partial charge on any atom is -0.480 e. The van der Waals surface area contributed by atoms with Crippen LogP contribution in [0.2, 0.25) is 5.02 Å². The van der Waals surface area contributed by atoms with Crippen molar-refractivity contribution in [3.8, 4) is 0 Å². The lowest BCUT2D eigenvalue weighted by Crippen LogP contribution is -2.41. The molecule has 1 aliphatic heterocycles. The van der Waals surface area contributed by atoms with Crippen LogP contribution in [0.5, 0.6) is 0 Å². The summed E-state index contributed by atoms with van der Waals surface area (Å²) in [4.78, 5) is 29.5. The summed E-state index contributed by atoms with van der Waals surface area (Å²) in [5.41, 5.74) is 1.16. The van der Waals surface area contributed by atoms with E-state index >= 15 is 0 Å². The molecule has 2 fully saturated rings. The number of benzene rings is 1. The normalized spacial score (nSPS) is 22.6. The van der Waals surface area contributed by atoms with Crippen molar-refractivity contribution in [2.24, 2.45) is 5.41 Å². The molecule has 1 unspecified atom stereocenters. The zero-order chi connectivity index (χ0) is 17.6. The molecular weight excluding hydrogens is 340 g/mol. The smallest absolute Gasteiger partial charge is 0.326 e. The van der Waals surface area contributed by atoms with E-state index in [1.54, 1.807) is 17.0 Å². The number of carboxylic acids is 1.